The van der Waals surface area contributed by atoms with Crippen LogP contribution in [-0.4, -0.2) is 29.1 Å². The van der Waals surface area contributed by atoms with E-state index < -0.39 is 5.91 Å². The molecule has 106 valence electrons. The minimum Gasteiger partial charge on any atom is -0.359 e. The van der Waals surface area contributed by atoms with Gasteiger partial charge >= 0.3 is 0 Å². The zero-order chi connectivity index (χ0) is 13.9. The average molecular weight is 266 g/mol. The fourth-order valence-electron chi connectivity index (χ4n) is 2.78. The van der Waals surface area contributed by atoms with Gasteiger partial charge in [-0.2, -0.15) is 0 Å². The Bertz CT molecular complexity index is 440. The molecule has 19 heavy (non-hydrogen) atoms. The Balaban J connectivity index is 1.96. The predicted octanol–water partition coefficient (Wildman–Crippen LogP) is 1.29. The first kappa shape index (κ1) is 14.0. The Kier molecular flexibility index (Phi) is 4.21. The van der Waals surface area contributed by atoms with E-state index in [4.69, 9.17) is 10.4 Å². The molecule has 2 heterocycles. The summed E-state index contributed by atoms with van der Waals surface area (Å²) in [4.78, 5) is 13.6. The van der Waals surface area contributed by atoms with Gasteiger partial charge in [0.2, 0.25) is 0 Å². The second-order valence-electron chi connectivity index (χ2n) is 5.32. The Morgan fingerprint density at radius 3 is 2.89 bits per heavy atom. The van der Waals surface area contributed by atoms with Crippen LogP contribution in [-0.2, 0) is 6.54 Å². The third-order valence-electron chi connectivity index (χ3n) is 4.32. The van der Waals surface area contributed by atoms with Gasteiger partial charge in [0.05, 0.1) is 6.54 Å². The van der Waals surface area contributed by atoms with Gasteiger partial charge in [0.15, 0.2) is 11.5 Å². The van der Waals surface area contributed by atoms with Crippen molar-refractivity contribution < 1.29 is 9.32 Å². The highest BCUT2D eigenvalue weighted by Gasteiger charge is 2.35. The van der Waals surface area contributed by atoms with Crippen molar-refractivity contribution >= 4 is 5.91 Å². The summed E-state index contributed by atoms with van der Waals surface area (Å²) >= 11 is 0. The van der Waals surface area contributed by atoms with E-state index >= 15 is 0 Å². The number of rotatable bonds is 5. The molecular weight excluding hydrogens is 244 g/mol. The fourth-order valence-corrected chi connectivity index (χ4v) is 2.78. The fraction of sp³-hybridized carbons (Fsp3) is 0.692. The quantitative estimate of drug-likeness (QED) is 0.476. The lowest BCUT2D eigenvalue weighted by Gasteiger charge is -2.26. The van der Waals surface area contributed by atoms with Crippen LogP contribution in [0.15, 0.2) is 10.6 Å². The van der Waals surface area contributed by atoms with Gasteiger partial charge < -0.3 is 4.52 Å². The number of aromatic nitrogens is 1. The summed E-state index contributed by atoms with van der Waals surface area (Å²) in [6, 6.07) is 1.65. The predicted molar refractivity (Wildman–Crippen MR) is 71.1 cm³/mol. The van der Waals surface area contributed by atoms with Crippen LogP contribution in [0.4, 0.5) is 0 Å². The first-order valence-corrected chi connectivity index (χ1v) is 6.81. The third kappa shape index (κ3) is 2.96. The van der Waals surface area contributed by atoms with Gasteiger partial charge in [-0.25, -0.2) is 5.84 Å². The van der Waals surface area contributed by atoms with E-state index in [0.29, 0.717) is 17.7 Å². The number of nitrogen functional groups attached to an aromatic ring is 1. The largest absolute Gasteiger partial charge is 0.359 e. The number of hydrogen-bond acceptors (Lipinski definition) is 5. The van der Waals surface area contributed by atoms with Crippen molar-refractivity contribution in [3.63, 3.8) is 0 Å². The molecular formula is C13H22N4O2. The normalized spacial score (nSPS) is 18.7. The number of carbonyl (C=O) groups excluding carboxylic acids is 1. The van der Waals surface area contributed by atoms with Crippen molar-refractivity contribution in [1.82, 2.24) is 15.5 Å². The molecule has 0 aliphatic carbocycles. The number of nitrogens with two attached hydrogens (primary N) is 1. The summed E-state index contributed by atoms with van der Waals surface area (Å²) in [6.07, 6.45) is 3.64. The standard InChI is InChI=1S/C13H22N4O2/c1-3-13(4-2)5-6-17(9-13)8-10-7-11(16-19-10)12(18)15-14/h7H,3-6,8-9,14H2,1-2H3,(H,15,18). The van der Waals surface area contributed by atoms with Crippen LogP contribution in [0.5, 0.6) is 0 Å². The lowest BCUT2D eigenvalue weighted by molar-refractivity contribution is 0.0944. The van der Waals surface area contributed by atoms with Crippen molar-refractivity contribution in [3.05, 3.63) is 17.5 Å². The Morgan fingerprint density at radius 1 is 1.58 bits per heavy atom. The Morgan fingerprint density at radius 2 is 2.32 bits per heavy atom. The molecule has 1 aliphatic rings. The number of hydrogen-bond donors (Lipinski definition) is 2. The molecule has 1 aromatic heterocycles. The summed E-state index contributed by atoms with van der Waals surface area (Å²) in [5, 5.41) is 3.71. The van der Waals surface area contributed by atoms with Gasteiger partial charge in [0.1, 0.15) is 0 Å². The van der Waals surface area contributed by atoms with Gasteiger partial charge in [-0.3, -0.25) is 15.1 Å². The second kappa shape index (κ2) is 5.71. The molecule has 1 aromatic rings. The SMILES string of the molecule is CCC1(CC)CCN(Cc2cc(C(=O)NN)no2)C1. The number of nitrogens with zero attached hydrogens (tertiary/aromatic N) is 2. The van der Waals surface area contributed by atoms with Crippen LogP contribution in [0, 0.1) is 5.41 Å². The minimum atomic E-state index is -0.423. The minimum absolute atomic E-state index is 0.231. The topological polar surface area (TPSA) is 84.4 Å². The van der Waals surface area contributed by atoms with Crippen LogP contribution in [0.2, 0.25) is 0 Å². The van der Waals surface area contributed by atoms with E-state index in [9.17, 15) is 4.79 Å². The zero-order valence-corrected chi connectivity index (χ0v) is 11.6. The van der Waals surface area contributed by atoms with Gasteiger partial charge in [-0.15, -0.1) is 0 Å². The number of nitrogens with one attached hydrogen (secondary N) is 1. The van der Waals surface area contributed by atoms with Gasteiger partial charge in [0, 0.05) is 12.6 Å². The van der Waals surface area contributed by atoms with Gasteiger partial charge in [-0.05, 0) is 31.2 Å². The molecule has 0 aromatic carbocycles. The molecule has 0 atom stereocenters. The molecule has 0 bridgehead atoms. The van der Waals surface area contributed by atoms with Crippen molar-refractivity contribution in [2.75, 3.05) is 13.1 Å². The van der Waals surface area contributed by atoms with Crippen LogP contribution in [0.3, 0.4) is 0 Å². The lowest BCUT2D eigenvalue weighted by Crippen LogP contribution is -2.30. The first-order valence-electron chi connectivity index (χ1n) is 6.81. The highest BCUT2D eigenvalue weighted by molar-refractivity contribution is 5.91. The maximum absolute atomic E-state index is 11.3. The van der Waals surface area contributed by atoms with Crippen LogP contribution in [0.25, 0.3) is 0 Å². The molecule has 0 unspecified atom stereocenters. The molecule has 1 saturated heterocycles. The molecule has 2 rings (SSSR count). The van der Waals surface area contributed by atoms with Crippen molar-refractivity contribution in [3.8, 4) is 0 Å². The third-order valence-corrected chi connectivity index (χ3v) is 4.32. The molecule has 3 N–H and O–H groups in total. The summed E-state index contributed by atoms with van der Waals surface area (Å²) in [6.45, 7) is 7.36. The van der Waals surface area contributed by atoms with E-state index in [0.717, 1.165) is 13.1 Å². The molecule has 1 amide bonds. The van der Waals surface area contributed by atoms with Crippen LogP contribution >= 0.6 is 0 Å². The monoisotopic (exact) mass is 266 g/mol. The van der Waals surface area contributed by atoms with Crippen LogP contribution in [0.1, 0.15) is 49.4 Å². The Labute approximate surface area is 113 Å². The molecule has 6 heteroatoms. The highest BCUT2D eigenvalue weighted by Crippen LogP contribution is 2.37. The summed E-state index contributed by atoms with van der Waals surface area (Å²) in [7, 11) is 0. The van der Waals surface area contributed by atoms with E-state index in [1.54, 1.807) is 6.07 Å². The van der Waals surface area contributed by atoms with Crippen LogP contribution < -0.4 is 11.3 Å². The Hall–Kier alpha value is -1.40. The number of amides is 1. The zero-order valence-electron chi connectivity index (χ0n) is 11.6. The molecule has 6 nitrogen and oxygen atoms in total. The summed E-state index contributed by atoms with van der Waals surface area (Å²) in [5.74, 6) is 5.34. The van der Waals surface area contributed by atoms with E-state index in [-0.39, 0.29) is 5.69 Å². The molecule has 1 aliphatic heterocycles. The van der Waals surface area contributed by atoms with Crippen molar-refractivity contribution in [2.45, 2.75) is 39.7 Å². The van der Waals surface area contributed by atoms with Crippen molar-refractivity contribution in [1.29, 1.82) is 0 Å². The number of likely N-dealkylation sites (tertiary alicyclic amines) is 1. The smallest absolute Gasteiger partial charge is 0.287 e. The summed E-state index contributed by atoms with van der Waals surface area (Å²) < 4.78 is 5.18. The maximum Gasteiger partial charge on any atom is 0.287 e. The number of hydrazine groups is 1. The lowest BCUT2D eigenvalue weighted by atomic mass is 9.82. The highest BCUT2D eigenvalue weighted by atomic mass is 16.5. The molecule has 0 spiro atoms. The van der Waals surface area contributed by atoms with Gasteiger partial charge in [0.25, 0.3) is 5.91 Å². The summed E-state index contributed by atoms with van der Waals surface area (Å²) in [5.41, 5.74) is 2.72. The van der Waals surface area contributed by atoms with Crippen molar-refractivity contribution in [2.24, 2.45) is 11.3 Å². The second-order valence-corrected chi connectivity index (χ2v) is 5.32. The van der Waals surface area contributed by atoms with E-state index in [1.807, 2.05) is 5.43 Å². The molecule has 0 radical (unpaired) electrons. The first-order chi connectivity index (χ1) is 9.12. The number of carbonyl (C=O) groups is 1. The molecule has 1 fully saturated rings. The maximum atomic E-state index is 11.3. The van der Waals surface area contributed by atoms with E-state index in [2.05, 4.69) is 23.9 Å². The van der Waals surface area contributed by atoms with Gasteiger partial charge in [-0.1, -0.05) is 19.0 Å². The molecule has 0 saturated carbocycles. The van der Waals surface area contributed by atoms with E-state index in [1.165, 1.54) is 19.3 Å². The average Bonchev–Trinajstić information content (AvgIpc) is 3.06.